The molecule has 10 heteroatoms. The average molecular weight is 335 g/mol. The molecule has 0 unspecified atom stereocenters. The molecule has 2 N–H and O–H groups in total. The third-order valence-corrected chi connectivity index (χ3v) is 6.15. The fourth-order valence-corrected chi connectivity index (χ4v) is 4.99. The van der Waals surface area contributed by atoms with Gasteiger partial charge < -0.3 is 0 Å². The summed E-state index contributed by atoms with van der Waals surface area (Å²) in [5, 5.41) is 6.21. The van der Waals surface area contributed by atoms with Gasteiger partial charge in [0.2, 0.25) is 24.2 Å². The molecule has 86 valence electrons. The number of halogens is 1. The number of sulfonamides is 1. The summed E-state index contributed by atoms with van der Waals surface area (Å²) in [6, 6.07) is 0. The molecule has 0 bridgehead atoms. The van der Waals surface area contributed by atoms with E-state index in [0.717, 1.165) is 11.3 Å². The molecule has 0 aromatic carbocycles. The lowest BCUT2D eigenvalue weighted by atomic mass is 11.0. The third kappa shape index (κ3) is 4.15. The lowest BCUT2D eigenvalue weighted by Gasteiger charge is -1.98. The predicted octanol–water partition coefficient (Wildman–Crippen LogP) is -0.0322. The summed E-state index contributed by atoms with van der Waals surface area (Å²) in [5.74, 6) is -1.15. The molecule has 15 heavy (non-hydrogen) atoms. The van der Waals surface area contributed by atoms with E-state index in [1.165, 1.54) is 5.38 Å². The first-order chi connectivity index (χ1) is 6.71. The highest BCUT2D eigenvalue weighted by Gasteiger charge is 2.20. The standard InChI is InChI=1S/C5H7BrN2O4S3/c6-4-3-13-5(8-4)14(9,10)1-2-15(7,11)12/h3H,1-2H2,(H2,7,11,12). The number of thiazole rings is 1. The van der Waals surface area contributed by atoms with Crippen molar-refractivity contribution in [1.82, 2.24) is 4.98 Å². The monoisotopic (exact) mass is 334 g/mol. The lowest BCUT2D eigenvalue weighted by Crippen LogP contribution is -2.23. The zero-order chi connectivity index (χ0) is 11.7. The van der Waals surface area contributed by atoms with E-state index < -0.39 is 31.4 Å². The van der Waals surface area contributed by atoms with Crippen LogP contribution in [0.15, 0.2) is 14.3 Å². The van der Waals surface area contributed by atoms with E-state index in [1.807, 2.05) is 0 Å². The van der Waals surface area contributed by atoms with Crippen LogP contribution in [0.2, 0.25) is 0 Å². The Morgan fingerprint density at radius 2 is 1.93 bits per heavy atom. The van der Waals surface area contributed by atoms with Crippen LogP contribution in [0.5, 0.6) is 0 Å². The van der Waals surface area contributed by atoms with Crippen LogP contribution in [-0.2, 0) is 19.9 Å². The van der Waals surface area contributed by atoms with Gasteiger partial charge in [-0.25, -0.2) is 27.0 Å². The molecule has 0 saturated heterocycles. The Morgan fingerprint density at radius 3 is 2.33 bits per heavy atom. The van der Waals surface area contributed by atoms with Crippen molar-refractivity contribution >= 4 is 47.1 Å². The van der Waals surface area contributed by atoms with Crippen LogP contribution < -0.4 is 5.14 Å². The van der Waals surface area contributed by atoms with Crippen LogP contribution in [0.4, 0.5) is 0 Å². The van der Waals surface area contributed by atoms with Crippen LogP contribution in [0, 0.1) is 0 Å². The maximum atomic E-state index is 11.5. The Morgan fingerprint density at radius 1 is 1.33 bits per heavy atom. The van der Waals surface area contributed by atoms with Crippen molar-refractivity contribution in [2.24, 2.45) is 5.14 Å². The molecule has 0 saturated carbocycles. The highest BCUT2D eigenvalue weighted by Crippen LogP contribution is 2.20. The molecule has 0 aliphatic heterocycles. The van der Waals surface area contributed by atoms with Gasteiger partial charge in [0.15, 0.2) is 0 Å². The zero-order valence-corrected chi connectivity index (χ0v) is 11.3. The summed E-state index contributed by atoms with van der Waals surface area (Å²) in [6.07, 6.45) is 0. The van der Waals surface area contributed by atoms with Crippen LogP contribution in [-0.4, -0.2) is 33.3 Å². The Kier molecular flexibility index (Phi) is 3.87. The minimum Gasteiger partial charge on any atom is -0.229 e. The number of sulfone groups is 1. The van der Waals surface area contributed by atoms with E-state index >= 15 is 0 Å². The van der Waals surface area contributed by atoms with Gasteiger partial charge in [0.25, 0.3) is 0 Å². The first-order valence-corrected chi connectivity index (χ1v) is 8.59. The van der Waals surface area contributed by atoms with Gasteiger partial charge in [-0.05, 0) is 15.9 Å². The normalized spacial score (nSPS) is 12.9. The quantitative estimate of drug-likeness (QED) is 0.831. The topological polar surface area (TPSA) is 107 Å². The summed E-state index contributed by atoms with van der Waals surface area (Å²) in [7, 11) is -7.43. The summed E-state index contributed by atoms with van der Waals surface area (Å²) < 4.78 is 44.5. The van der Waals surface area contributed by atoms with Gasteiger partial charge in [0.05, 0.1) is 11.5 Å². The zero-order valence-electron chi connectivity index (χ0n) is 7.25. The van der Waals surface area contributed by atoms with Crippen molar-refractivity contribution in [2.45, 2.75) is 4.34 Å². The van der Waals surface area contributed by atoms with E-state index in [-0.39, 0.29) is 4.34 Å². The Bertz CT molecular complexity index is 547. The van der Waals surface area contributed by atoms with E-state index in [9.17, 15) is 16.8 Å². The van der Waals surface area contributed by atoms with Gasteiger partial charge in [-0.2, -0.15) is 0 Å². The maximum absolute atomic E-state index is 11.5. The van der Waals surface area contributed by atoms with Crippen molar-refractivity contribution in [3.05, 3.63) is 9.98 Å². The molecule has 0 aliphatic rings. The Labute approximate surface area is 99.6 Å². The molecule has 1 aromatic rings. The van der Waals surface area contributed by atoms with Gasteiger partial charge in [-0.1, -0.05) is 0 Å². The number of rotatable bonds is 4. The molecular formula is C5H7BrN2O4S3. The van der Waals surface area contributed by atoms with Crippen molar-refractivity contribution in [2.75, 3.05) is 11.5 Å². The number of aromatic nitrogens is 1. The first kappa shape index (κ1) is 13.0. The Hall–Kier alpha value is -0.0300. The van der Waals surface area contributed by atoms with Crippen LogP contribution in [0.3, 0.4) is 0 Å². The Balaban J connectivity index is 2.86. The van der Waals surface area contributed by atoms with Crippen molar-refractivity contribution in [1.29, 1.82) is 0 Å². The highest BCUT2D eigenvalue weighted by atomic mass is 79.9. The van der Waals surface area contributed by atoms with E-state index in [1.54, 1.807) is 0 Å². The van der Waals surface area contributed by atoms with Crippen molar-refractivity contribution < 1.29 is 16.8 Å². The summed E-state index contributed by atoms with van der Waals surface area (Å²) in [5.41, 5.74) is 0. The van der Waals surface area contributed by atoms with Crippen molar-refractivity contribution in [3.63, 3.8) is 0 Å². The van der Waals surface area contributed by atoms with Gasteiger partial charge in [-0.3, -0.25) is 0 Å². The molecule has 6 nitrogen and oxygen atoms in total. The summed E-state index contributed by atoms with van der Waals surface area (Å²) in [6.45, 7) is 0. The minimum absolute atomic E-state index is 0.113. The molecule has 1 aromatic heterocycles. The highest BCUT2D eigenvalue weighted by molar-refractivity contribution is 9.10. The molecule has 0 atom stereocenters. The van der Waals surface area contributed by atoms with Gasteiger partial charge in [-0.15, -0.1) is 11.3 Å². The molecule has 0 fully saturated rings. The van der Waals surface area contributed by atoms with Crippen LogP contribution in [0.1, 0.15) is 0 Å². The van der Waals surface area contributed by atoms with Crippen LogP contribution in [0.25, 0.3) is 0 Å². The third-order valence-electron chi connectivity index (χ3n) is 1.36. The number of nitrogens with zero attached hydrogens (tertiary/aromatic N) is 1. The van der Waals surface area contributed by atoms with Gasteiger partial charge >= 0.3 is 0 Å². The molecule has 0 spiro atoms. The summed E-state index contributed by atoms with van der Waals surface area (Å²) >= 11 is 3.93. The van der Waals surface area contributed by atoms with Crippen molar-refractivity contribution in [3.8, 4) is 0 Å². The van der Waals surface area contributed by atoms with E-state index in [2.05, 4.69) is 20.9 Å². The fourth-order valence-electron chi connectivity index (χ4n) is 0.695. The SMILES string of the molecule is NS(=O)(=O)CCS(=O)(=O)c1nc(Br)cs1. The molecule has 0 aliphatic carbocycles. The van der Waals surface area contributed by atoms with E-state index in [4.69, 9.17) is 5.14 Å². The van der Waals surface area contributed by atoms with Gasteiger partial charge in [0.1, 0.15) is 4.60 Å². The number of nitrogens with two attached hydrogens (primary N) is 1. The summed E-state index contributed by atoms with van der Waals surface area (Å²) in [4.78, 5) is 3.69. The number of primary sulfonamides is 1. The van der Waals surface area contributed by atoms with Crippen LogP contribution >= 0.6 is 27.3 Å². The minimum atomic E-state index is -3.77. The predicted molar refractivity (Wildman–Crippen MR) is 59.8 cm³/mol. The second-order valence-corrected chi connectivity index (χ2v) is 8.31. The molecular weight excluding hydrogens is 328 g/mol. The van der Waals surface area contributed by atoms with Gasteiger partial charge in [0, 0.05) is 5.38 Å². The molecule has 1 heterocycles. The molecule has 0 amide bonds. The first-order valence-electron chi connectivity index (χ1n) is 3.55. The second kappa shape index (κ2) is 4.45. The number of hydrogen-bond donors (Lipinski definition) is 1. The molecule has 0 radical (unpaired) electrons. The smallest absolute Gasteiger partial charge is 0.210 e. The second-order valence-electron chi connectivity index (χ2n) is 2.62. The van der Waals surface area contributed by atoms with E-state index in [0.29, 0.717) is 4.60 Å². The number of hydrogen-bond acceptors (Lipinski definition) is 6. The lowest BCUT2D eigenvalue weighted by molar-refractivity contribution is 0.588. The molecule has 1 rings (SSSR count). The maximum Gasteiger partial charge on any atom is 0.210 e. The fraction of sp³-hybridized carbons (Fsp3) is 0.400. The average Bonchev–Trinajstić information content (AvgIpc) is 2.48. The largest absolute Gasteiger partial charge is 0.229 e.